The van der Waals surface area contributed by atoms with Crippen molar-refractivity contribution in [3.63, 3.8) is 0 Å². The number of aromatic nitrogens is 2. The first-order valence-electron chi connectivity index (χ1n) is 5.47. The highest BCUT2D eigenvalue weighted by Crippen LogP contribution is 2.29. The molecular formula is C12H10N2O3S. The van der Waals surface area contributed by atoms with E-state index in [-0.39, 0.29) is 5.75 Å². The van der Waals surface area contributed by atoms with Crippen LogP contribution in [0.5, 0.6) is 5.75 Å². The minimum Gasteiger partial charge on any atom is -0.508 e. The van der Waals surface area contributed by atoms with Gasteiger partial charge in [0, 0.05) is 6.20 Å². The van der Waals surface area contributed by atoms with Gasteiger partial charge >= 0.3 is 5.97 Å². The van der Waals surface area contributed by atoms with Gasteiger partial charge in [-0.05, 0) is 25.1 Å². The van der Waals surface area contributed by atoms with Crippen LogP contribution in [0.3, 0.4) is 0 Å². The van der Waals surface area contributed by atoms with Crippen molar-refractivity contribution in [2.24, 2.45) is 0 Å². The highest BCUT2D eigenvalue weighted by molar-refractivity contribution is 7.23. The Morgan fingerprint density at radius 2 is 2.39 bits per heavy atom. The summed E-state index contributed by atoms with van der Waals surface area (Å²) in [5, 5.41) is 9.41. The van der Waals surface area contributed by atoms with E-state index < -0.39 is 5.97 Å². The maximum atomic E-state index is 11.6. The Kier molecular flexibility index (Phi) is 2.45. The van der Waals surface area contributed by atoms with E-state index in [9.17, 15) is 9.90 Å². The zero-order chi connectivity index (χ0) is 12.7. The van der Waals surface area contributed by atoms with Gasteiger partial charge in [-0.15, -0.1) is 0 Å². The molecule has 2 aromatic heterocycles. The fourth-order valence-electron chi connectivity index (χ4n) is 1.79. The summed E-state index contributed by atoms with van der Waals surface area (Å²) >= 11 is 1.42. The van der Waals surface area contributed by atoms with Crippen molar-refractivity contribution in [2.75, 3.05) is 6.61 Å². The summed E-state index contributed by atoms with van der Waals surface area (Å²) in [6, 6.07) is 5.09. The third-order valence-corrected chi connectivity index (χ3v) is 3.58. The van der Waals surface area contributed by atoms with E-state index in [4.69, 9.17) is 4.74 Å². The van der Waals surface area contributed by atoms with Crippen LogP contribution in [0.25, 0.3) is 15.2 Å². The zero-order valence-corrected chi connectivity index (χ0v) is 10.4. The molecule has 2 heterocycles. The molecule has 0 aliphatic carbocycles. The first kappa shape index (κ1) is 11.0. The van der Waals surface area contributed by atoms with Gasteiger partial charge < -0.3 is 9.84 Å². The molecule has 1 N–H and O–H groups in total. The molecule has 1 aromatic carbocycles. The van der Waals surface area contributed by atoms with Gasteiger partial charge in [-0.2, -0.15) is 0 Å². The van der Waals surface area contributed by atoms with E-state index in [1.165, 1.54) is 11.3 Å². The monoisotopic (exact) mass is 262 g/mol. The molecule has 0 saturated carbocycles. The summed E-state index contributed by atoms with van der Waals surface area (Å²) in [6.07, 6.45) is 1.66. The van der Waals surface area contributed by atoms with Crippen molar-refractivity contribution in [3.8, 4) is 5.75 Å². The Morgan fingerprint density at radius 1 is 1.56 bits per heavy atom. The normalized spacial score (nSPS) is 11.2. The summed E-state index contributed by atoms with van der Waals surface area (Å²) in [7, 11) is 0. The Morgan fingerprint density at radius 3 is 3.17 bits per heavy atom. The molecule has 0 spiro atoms. The fraction of sp³-hybridized carbons (Fsp3) is 0.167. The molecule has 0 saturated heterocycles. The third kappa shape index (κ3) is 1.62. The SMILES string of the molecule is CCOC(=O)c1cn2c(n1)sc1cc(O)ccc12. The van der Waals surface area contributed by atoms with Crippen molar-refractivity contribution in [1.29, 1.82) is 0 Å². The van der Waals surface area contributed by atoms with Gasteiger partial charge in [0.1, 0.15) is 5.75 Å². The summed E-state index contributed by atoms with van der Waals surface area (Å²) in [4.78, 5) is 16.5. The molecule has 0 amide bonds. The summed E-state index contributed by atoms with van der Waals surface area (Å²) in [5.74, 6) is -0.196. The molecule has 0 bridgehead atoms. The number of hydrogen-bond donors (Lipinski definition) is 1. The number of phenolic OH excluding ortho intramolecular Hbond substituents is 1. The molecule has 0 radical (unpaired) electrons. The molecule has 0 fully saturated rings. The van der Waals surface area contributed by atoms with Crippen LogP contribution >= 0.6 is 11.3 Å². The fourth-order valence-corrected chi connectivity index (χ4v) is 2.83. The Bertz CT molecular complexity index is 744. The van der Waals surface area contributed by atoms with Crippen molar-refractivity contribution < 1.29 is 14.6 Å². The summed E-state index contributed by atoms with van der Waals surface area (Å²) in [5.41, 5.74) is 1.22. The number of nitrogens with zero attached hydrogens (tertiary/aromatic N) is 2. The highest BCUT2D eigenvalue weighted by atomic mass is 32.1. The number of imidazole rings is 1. The van der Waals surface area contributed by atoms with Crippen molar-refractivity contribution in [1.82, 2.24) is 9.38 Å². The molecule has 92 valence electrons. The maximum Gasteiger partial charge on any atom is 0.358 e. The van der Waals surface area contributed by atoms with Gasteiger partial charge in [0.05, 0.1) is 16.8 Å². The third-order valence-electron chi connectivity index (χ3n) is 2.56. The number of fused-ring (bicyclic) bond motifs is 3. The largest absolute Gasteiger partial charge is 0.508 e. The molecule has 0 aliphatic rings. The van der Waals surface area contributed by atoms with Crippen molar-refractivity contribution in [2.45, 2.75) is 6.92 Å². The summed E-state index contributed by atoms with van der Waals surface area (Å²) < 4.78 is 7.66. The second kappa shape index (κ2) is 3.99. The van der Waals surface area contributed by atoms with Gasteiger partial charge in [0.2, 0.25) is 0 Å². The molecule has 3 rings (SSSR count). The molecular weight excluding hydrogens is 252 g/mol. The van der Waals surface area contributed by atoms with Crippen LogP contribution in [0.1, 0.15) is 17.4 Å². The Balaban J connectivity index is 2.16. The van der Waals surface area contributed by atoms with Crippen molar-refractivity contribution in [3.05, 3.63) is 30.1 Å². The number of esters is 1. The maximum absolute atomic E-state index is 11.6. The van der Waals surface area contributed by atoms with Gasteiger partial charge in [-0.1, -0.05) is 11.3 Å². The van der Waals surface area contributed by atoms with E-state index in [2.05, 4.69) is 4.98 Å². The smallest absolute Gasteiger partial charge is 0.358 e. The number of carbonyl (C=O) groups excluding carboxylic acids is 1. The number of phenols is 1. The Hall–Kier alpha value is -2.08. The molecule has 5 nitrogen and oxygen atoms in total. The average molecular weight is 262 g/mol. The second-order valence-electron chi connectivity index (χ2n) is 3.75. The standard InChI is InChI=1S/C12H10N2O3S/c1-2-17-11(16)8-6-14-9-4-3-7(15)5-10(9)18-12(14)13-8/h3-6,15H,2H2,1H3. The number of ether oxygens (including phenoxy) is 1. The quantitative estimate of drug-likeness (QED) is 0.720. The lowest BCUT2D eigenvalue weighted by molar-refractivity contribution is 0.0520. The number of carbonyl (C=O) groups is 1. The van der Waals surface area contributed by atoms with Crippen LogP contribution in [0, 0.1) is 0 Å². The van der Waals surface area contributed by atoms with E-state index in [1.54, 1.807) is 31.3 Å². The number of thiazole rings is 1. The number of hydrogen-bond acceptors (Lipinski definition) is 5. The van der Waals surface area contributed by atoms with E-state index in [0.717, 1.165) is 10.2 Å². The van der Waals surface area contributed by atoms with Crippen molar-refractivity contribution >= 4 is 32.5 Å². The lowest BCUT2D eigenvalue weighted by atomic mass is 10.3. The van der Waals surface area contributed by atoms with Crippen LogP contribution in [-0.4, -0.2) is 27.1 Å². The van der Waals surface area contributed by atoms with Crippen LogP contribution in [0.2, 0.25) is 0 Å². The molecule has 0 atom stereocenters. The average Bonchev–Trinajstić information content (AvgIpc) is 2.85. The van der Waals surface area contributed by atoms with E-state index >= 15 is 0 Å². The van der Waals surface area contributed by atoms with Gasteiger partial charge in [0.25, 0.3) is 0 Å². The first-order valence-corrected chi connectivity index (χ1v) is 6.28. The minimum atomic E-state index is -0.416. The lowest BCUT2D eigenvalue weighted by Gasteiger charge is -1.96. The van der Waals surface area contributed by atoms with E-state index in [1.807, 2.05) is 4.40 Å². The number of benzene rings is 1. The summed E-state index contributed by atoms with van der Waals surface area (Å²) in [6.45, 7) is 2.09. The van der Waals surface area contributed by atoms with Crippen LogP contribution < -0.4 is 0 Å². The van der Waals surface area contributed by atoms with Crippen LogP contribution in [-0.2, 0) is 4.74 Å². The Labute approximate surface area is 106 Å². The number of rotatable bonds is 2. The first-order chi connectivity index (χ1) is 8.69. The molecule has 18 heavy (non-hydrogen) atoms. The van der Waals surface area contributed by atoms with Gasteiger partial charge in [-0.25, -0.2) is 9.78 Å². The topological polar surface area (TPSA) is 63.8 Å². The lowest BCUT2D eigenvalue weighted by Crippen LogP contribution is -2.04. The van der Waals surface area contributed by atoms with Crippen LogP contribution in [0.15, 0.2) is 24.4 Å². The minimum absolute atomic E-state index is 0.220. The number of aromatic hydroxyl groups is 1. The molecule has 6 heteroatoms. The van der Waals surface area contributed by atoms with Crippen LogP contribution in [0.4, 0.5) is 0 Å². The van der Waals surface area contributed by atoms with Gasteiger partial charge in [0.15, 0.2) is 10.7 Å². The predicted octanol–water partition coefficient (Wildman–Crippen LogP) is 2.43. The van der Waals surface area contributed by atoms with Gasteiger partial charge in [-0.3, -0.25) is 4.40 Å². The van der Waals surface area contributed by atoms with E-state index in [0.29, 0.717) is 17.3 Å². The zero-order valence-electron chi connectivity index (χ0n) is 9.58. The highest BCUT2D eigenvalue weighted by Gasteiger charge is 2.15. The second-order valence-corrected chi connectivity index (χ2v) is 4.76. The molecule has 3 aromatic rings. The predicted molar refractivity (Wildman–Crippen MR) is 68.2 cm³/mol. The molecule has 0 aliphatic heterocycles. The molecule has 0 unspecified atom stereocenters.